The summed E-state index contributed by atoms with van der Waals surface area (Å²) in [6.07, 6.45) is 0. The molecule has 0 heterocycles. The van der Waals surface area contributed by atoms with Gasteiger partial charge in [0.05, 0.1) is 18.7 Å². The fraction of sp³-hybridized carbons (Fsp3) is 0.417. The number of amides is 1. The Labute approximate surface area is 110 Å². The number of methoxy groups -OCH3 is 1. The van der Waals surface area contributed by atoms with Gasteiger partial charge < -0.3 is 15.8 Å². The topological polar surface area (TPSA) is 64.3 Å². The summed E-state index contributed by atoms with van der Waals surface area (Å²) in [5.74, 6) is 0.346. The lowest BCUT2D eigenvalue weighted by atomic mass is 10.0. The average Bonchev–Trinajstić information content (AvgIpc) is 2.30. The van der Waals surface area contributed by atoms with Gasteiger partial charge in [-0.3, -0.25) is 4.79 Å². The van der Waals surface area contributed by atoms with Gasteiger partial charge in [-0.05, 0) is 35.0 Å². The first-order valence-corrected chi connectivity index (χ1v) is 6.15. The largest absolute Gasteiger partial charge is 0.497 e. The van der Waals surface area contributed by atoms with E-state index >= 15 is 0 Å². The summed E-state index contributed by atoms with van der Waals surface area (Å²) >= 11 is 3.37. The normalized spacial score (nSPS) is 13.9. The molecule has 0 spiro atoms. The van der Waals surface area contributed by atoms with Gasteiger partial charge in [0.1, 0.15) is 5.75 Å². The summed E-state index contributed by atoms with van der Waals surface area (Å²) in [6.45, 7) is 3.61. The molecule has 3 N–H and O–H groups in total. The second-order valence-corrected chi connectivity index (χ2v) is 4.84. The highest BCUT2D eigenvalue weighted by molar-refractivity contribution is 9.10. The van der Waals surface area contributed by atoms with E-state index in [1.807, 2.05) is 19.1 Å². The van der Waals surface area contributed by atoms with E-state index in [4.69, 9.17) is 10.5 Å². The van der Waals surface area contributed by atoms with Crippen molar-refractivity contribution in [1.29, 1.82) is 0 Å². The van der Waals surface area contributed by atoms with E-state index in [9.17, 15) is 4.79 Å². The van der Waals surface area contributed by atoms with Crippen molar-refractivity contribution in [2.24, 2.45) is 11.7 Å². The van der Waals surface area contributed by atoms with Gasteiger partial charge in [0, 0.05) is 16.6 Å². The minimum Gasteiger partial charge on any atom is -0.497 e. The summed E-state index contributed by atoms with van der Waals surface area (Å²) in [4.78, 5) is 11.9. The average molecular weight is 301 g/mol. The Morgan fingerprint density at radius 3 is 2.65 bits per heavy atom. The van der Waals surface area contributed by atoms with Crippen LogP contribution in [0.25, 0.3) is 0 Å². The predicted octanol–water partition coefficient (Wildman–Crippen LogP) is 2.38. The van der Waals surface area contributed by atoms with Crippen LogP contribution in [0.15, 0.2) is 22.7 Å². The minimum atomic E-state index is -0.242. The molecule has 0 aliphatic heterocycles. The molecule has 0 aromatic heterocycles. The molecule has 1 aromatic rings. The molecule has 1 amide bonds. The van der Waals surface area contributed by atoms with Gasteiger partial charge in [-0.25, -0.2) is 0 Å². The van der Waals surface area contributed by atoms with E-state index in [-0.39, 0.29) is 17.9 Å². The molecule has 0 radical (unpaired) electrons. The number of anilines is 1. The van der Waals surface area contributed by atoms with Crippen LogP contribution in [0.4, 0.5) is 5.69 Å². The Morgan fingerprint density at radius 2 is 2.12 bits per heavy atom. The molecular formula is C12H17BrN2O2. The molecule has 0 fully saturated rings. The van der Waals surface area contributed by atoms with Crippen LogP contribution in [-0.2, 0) is 4.79 Å². The molecule has 17 heavy (non-hydrogen) atoms. The smallest absolute Gasteiger partial charge is 0.228 e. The van der Waals surface area contributed by atoms with Crippen LogP contribution in [0, 0.1) is 5.92 Å². The van der Waals surface area contributed by atoms with Crippen molar-refractivity contribution in [2.45, 2.75) is 19.9 Å². The van der Waals surface area contributed by atoms with Crippen molar-refractivity contribution in [3.05, 3.63) is 22.7 Å². The Balaban J connectivity index is 2.84. The predicted molar refractivity (Wildman–Crippen MR) is 72.1 cm³/mol. The third kappa shape index (κ3) is 3.71. The molecule has 94 valence electrons. The molecule has 0 aliphatic carbocycles. The van der Waals surface area contributed by atoms with Gasteiger partial charge in [-0.2, -0.15) is 0 Å². The zero-order valence-corrected chi connectivity index (χ0v) is 11.7. The molecule has 5 heteroatoms. The second-order valence-electron chi connectivity index (χ2n) is 3.98. The maximum Gasteiger partial charge on any atom is 0.228 e. The minimum absolute atomic E-state index is 0.103. The fourth-order valence-electron chi connectivity index (χ4n) is 1.21. The Hall–Kier alpha value is -1.07. The molecule has 2 atom stereocenters. The third-order valence-corrected chi connectivity index (χ3v) is 3.33. The molecule has 0 saturated carbocycles. The summed E-state index contributed by atoms with van der Waals surface area (Å²) in [6, 6.07) is 5.22. The number of halogens is 1. The monoisotopic (exact) mass is 300 g/mol. The van der Waals surface area contributed by atoms with Gasteiger partial charge in [-0.15, -0.1) is 0 Å². The lowest BCUT2D eigenvalue weighted by molar-refractivity contribution is -0.119. The fourth-order valence-corrected chi connectivity index (χ4v) is 1.56. The molecule has 1 aromatic carbocycles. The van der Waals surface area contributed by atoms with Gasteiger partial charge in [-0.1, -0.05) is 6.92 Å². The highest BCUT2D eigenvalue weighted by atomic mass is 79.9. The van der Waals surface area contributed by atoms with Gasteiger partial charge in [0.25, 0.3) is 0 Å². The van der Waals surface area contributed by atoms with Crippen molar-refractivity contribution in [1.82, 2.24) is 0 Å². The van der Waals surface area contributed by atoms with Crippen LogP contribution in [0.1, 0.15) is 13.8 Å². The van der Waals surface area contributed by atoms with E-state index in [0.717, 1.165) is 4.47 Å². The molecule has 0 bridgehead atoms. The number of carbonyl (C=O) groups is 1. The van der Waals surface area contributed by atoms with E-state index in [1.54, 1.807) is 20.1 Å². The highest BCUT2D eigenvalue weighted by Crippen LogP contribution is 2.27. The zero-order chi connectivity index (χ0) is 13.0. The van der Waals surface area contributed by atoms with Crippen molar-refractivity contribution < 1.29 is 9.53 Å². The lowest BCUT2D eigenvalue weighted by Crippen LogP contribution is -2.34. The Kier molecular flexibility index (Phi) is 4.96. The third-order valence-electron chi connectivity index (χ3n) is 2.63. The SMILES string of the molecule is COc1ccc(Br)c(NC(=O)C(C)C(C)N)c1. The molecule has 0 saturated heterocycles. The quantitative estimate of drug-likeness (QED) is 0.897. The van der Waals surface area contributed by atoms with Crippen LogP contribution in [0.3, 0.4) is 0 Å². The van der Waals surface area contributed by atoms with E-state index < -0.39 is 0 Å². The van der Waals surface area contributed by atoms with Crippen LogP contribution in [0.2, 0.25) is 0 Å². The maximum absolute atomic E-state index is 11.9. The first-order valence-electron chi connectivity index (χ1n) is 5.35. The van der Waals surface area contributed by atoms with Crippen molar-refractivity contribution in [3.63, 3.8) is 0 Å². The number of nitrogens with two attached hydrogens (primary N) is 1. The maximum atomic E-state index is 11.9. The Morgan fingerprint density at radius 1 is 1.47 bits per heavy atom. The summed E-state index contributed by atoms with van der Waals surface area (Å²) in [7, 11) is 1.58. The number of benzene rings is 1. The van der Waals surface area contributed by atoms with Crippen LogP contribution in [0.5, 0.6) is 5.75 Å². The molecular weight excluding hydrogens is 284 g/mol. The van der Waals surface area contributed by atoms with E-state index in [2.05, 4.69) is 21.2 Å². The second kappa shape index (κ2) is 6.02. The number of nitrogens with one attached hydrogen (secondary N) is 1. The molecule has 4 nitrogen and oxygen atoms in total. The first kappa shape index (κ1) is 14.0. The summed E-state index contributed by atoms with van der Waals surface area (Å²) in [5, 5.41) is 2.82. The highest BCUT2D eigenvalue weighted by Gasteiger charge is 2.18. The van der Waals surface area contributed by atoms with E-state index in [1.165, 1.54) is 0 Å². The van der Waals surface area contributed by atoms with Crippen molar-refractivity contribution in [3.8, 4) is 5.75 Å². The molecule has 2 unspecified atom stereocenters. The Bertz CT molecular complexity index is 407. The van der Waals surface area contributed by atoms with Crippen LogP contribution < -0.4 is 15.8 Å². The number of hydrogen-bond donors (Lipinski definition) is 2. The van der Waals surface area contributed by atoms with Crippen molar-refractivity contribution in [2.75, 3.05) is 12.4 Å². The number of carbonyl (C=O) groups excluding carboxylic acids is 1. The zero-order valence-electron chi connectivity index (χ0n) is 10.2. The van der Waals surface area contributed by atoms with Gasteiger partial charge >= 0.3 is 0 Å². The number of rotatable bonds is 4. The first-order chi connectivity index (χ1) is 7.95. The molecule has 1 rings (SSSR count). The lowest BCUT2D eigenvalue weighted by Gasteiger charge is -2.16. The standard InChI is InChI=1S/C12H17BrN2O2/c1-7(8(2)14)12(16)15-11-6-9(17-3)4-5-10(11)13/h4-8H,14H2,1-3H3,(H,15,16). The number of ether oxygens (including phenoxy) is 1. The van der Waals surface area contributed by atoms with Crippen molar-refractivity contribution >= 4 is 27.5 Å². The van der Waals surface area contributed by atoms with E-state index in [0.29, 0.717) is 11.4 Å². The number of hydrogen-bond acceptors (Lipinski definition) is 3. The summed E-state index contributed by atoms with van der Waals surface area (Å²) < 4.78 is 5.91. The van der Waals surface area contributed by atoms with Gasteiger partial charge in [0.2, 0.25) is 5.91 Å². The van der Waals surface area contributed by atoms with Gasteiger partial charge in [0.15, 0.2) is 0 Å². The summed E-state index contributed by atoms with van der Waals surface area (Å²) in [5.41, 5.74) is 6.37. The molecule has 0 aliphatic rings. The van der Waals surface area contributed by atoms with Crippen LogP contribution >= 0.6 is 15.9 Å². The van der Waals surface area contributed by atoms with Crippen LogP contribution in [-0.4, -0.2) is 19.1 Å².